The molecule has 0 aromatic carbocycles. The van der Waals surface area contributed by atoms with Gasteiger partial charge in [-0.05, 0) is 13.8 Å². The highest BCUT2D eigenvalue weighted by Crippen LogP contribution is 2.39. The summed E-state index contributed by atoms with van der Waals surface area (Å²) >= 11 is 0. The van der Waals surface area contributed by atoms with E-state index in [0.29, 0.717) is 0 Å². The number of hydrogen-bond donors (Lipinski definition) is 1. The Hall–Kier alpha value is -1.69. The first-order valence-corrected chi connectivity index (χ1v) is 6.63. The molecule has 0 saturated carbocycles. The molecule has 1 N–H and O–H groups in total. The van der Waals surface area contributed by atoms with E-state index in [9.17, 15) is 4.79 Å². The van der Waals surface area contributed by atoms with Gasteiger partial charge in [-0.15, -0.1) is 0 Å². The Kier molecular flexibility index (Phi) is 2.70. The first-order chi connectivity index (χ1) is 9.01. The van der Waals surface area contributed by atoms with Crippen molar-refractivity contribution < 1.29 is 4.79 Å². The summed E-state index contributed by atoms with van der Waals surface area (Å²) in [5, 5.41) is 3.30. The van der Waals surface area contributed by atoms with Gasteiger partial charge in [0.25, 0.3) is 0 Å². The third-order valence-corrected chi connectivity index (χ3v) is 3.99. The third-order valence-electron chi connectivity index (χ3n) is 3.99. The van der Waals surface area contributed by atoms with Crippen LogP contribution in [0.4, 0.5) is 11.8 Å². The van der Waals surface area contributed by atoms with Gasteiger partial charge in [0.1, 0.15) is 5.82 Å². The van der Waals surface area contributed by atoms with Gasteiger partial charge in [0.15, 0.2) is 0 Å². The fraction of sp³-hybridized carbons (Fsp3) is 0.615. The van der Waals surface area contributed by atoms with Crippen LogP contribution in [0.15, 0.2) is 6.20 Å². The van der Waals surface area contributed by atoms with Gasteiger partial charge < -0.3 is 10.2 Å². The van der Waals surface area contributed by atoms with Crippen molar-refractivity contribution in [2.45, 2.75) is 19.3 Å². The summed E-state index contributed by atoms with van der Waals surface area (Å²) < 4.78 is 0. The number of likely N-dealkylation sites (N-methyl/N-ethyl adjacent to an activating group) is 1. The average Bonchev–Trinajstić information content (AvgIpc) is 2.61. The molecule has 1 aromatic rings. The van der Waals surface area contributed by atoms with Crippen molar-refractivity contribution in [3.05, 3.63) is 11.8 Å². The van der Waals surface area contributed by atoms with Crippen LogP contribution < -0.4 is 15.1 Å². The number of amides is 1. The van der Waals surface area contributed by atoms with Crippen LogP contribution in [0.3, 0.4) is 0 Å². The summed E-state index contributed by atoms with van der Waals surface area (Å²) in [6, 6.07) is 0. The largest absolute Gasteiger partial charge is 0.338 e. The number of rotatable bonds is 1. The van der Waals surface area contributed by atoms with Crippen LogP contribution in [0.5, 0.6) is 0 Å². The van der Waals surface area contributed by atoms with Crippen molar-refractivity contribution in [1.29, 1.82) is 0 Å². The second-order valence-corrected chi connectivity index (χ2v) is 5.63. The summed E-state index contributed by atoms with van der Waals surface area (Å²) in [6.45, 7) is 7.54. The van der Waals surface area contributed by atoms with E-state index < -0.39 is 5.41 Å². The highest BCUT2D eigenvalue weighted by molar-refractivity contribution is 6.06. The van der Waals surface area contributed by atoms with E-state index in [-0.39, 0.29) is 5.91 Å². The number of nitrogens with one attached hydrogen (secondary N) is 1. The molecule has 0 unspecified atom stereocenters. The third kappa shape index (κ3) is 1.78. The smallest absolute Gasteiger partial charge is 0.238 e. The van der Waals surface area contributed by atoms with Crippen LogP contribution in [0.1, 0.15) is 19.4 Å². The number of hydrogen-bond acceptors (Lipinski definition) is 5. The van der Waals surface area contributed by atoms with Crippen molar-refractivity contribution in [3.63, 3.8) is 0 Å². The van der Waals surface area contributed by atoms with Crippen LogP contribution in [-0.4, -0.2) is 49.1 Å². The van der Waals surface area contributed by atoms with E-state index >= 15 is 0 Å². The fourth-order valence-corrected chi connectivity index (χ4v) is 2.71. The van der Waals surface area contributed by atoms with Gasteiger partial charge in [-0.2, -0.15) is 4.98 Å². The van der Waals surface area contributed by atoms with E-state index in [4.69, 9.17) is 0 Å². The van der Waals surface area contributed by atoms with Crippen molar-refractivity contribution in [1.82, 2.24) is 15.3 Å². The van der Waals surface area contributed by atoms with Crippen LogP contribution in [0.25, 0.3) is 0 Å². The minimum atomic E-state index is -0.522. The van der Waals surface area contributed by atoms with Gasteiger partial charge in [0.05, 0.1) is 5.41 Å². The molecule has 2 aliphatic rings. The zero-order valence-electron chi connectivity index (χ0n) is 11.6. The Morgan fingerprint density at radius 3 is 2.68 bits per heavy atom. The maximum absolute atomic E-state index is 12.2. The first kappa shape index (κ1) is 12.3. The molecule has 0 atom stereocenters. The minimum absolute atomic E-state index is 0.0780. The number of fused-ring (bicyclic) bond motifs is 1. The molecule has 102 valence electrons. The lowest BCUT2D eigenvalue weighted by Crippen LogP contribution is -2.44. The maximum Gasteiger partial charge on any atom is 0.238 e. The highest BCUT2D eigenvalue weighted by atomic mass is 16.2. The number of piperazine rings is 1. The molecule has 6 heteroatoms. The predicted molar refractivity (Wildman–Crippen MR) is 73.6 cm³/mol. The number of carbonyl (C=O) groups is 1. The molecule has 6 nitrogen and oxygen atoms in total. The SMILES string of the molecule is CN1C(=O)C(C)(C)c2cnc(N3CCNCC3)nc21. The summed E-state index contributed by atoms with van der Waals surface area (Å²) in [5.41, 5.74) is 0.394. The van der Waals surface area contributed by atoms with Crippen molar-refractivity contribution in [2.75, 3.05) is 43.0 Å². The Morgan fingerprint density at radius 1 is 1.32 bits per heavy atom. The number of nitrogens with zero attached hydrogens (tertiary/aromatic N) is 4. The van der Waals surface area contributed by atoms with Crippen LogP contribution in [-0.2, 0) is 10.2 Å². The predicted octanol–water partition coefficient (Wildman–Crippen LogP) is 0.140. The molecule has 0 aliphatic carbocycles. The fourth-order valence-electron chi connectivity index (χ4n) is 2.71. The summed E-state index contributed by atoms with van der Waals surface area (Å²) in [7, 11) is 1.78. The number of anilines is 2. The van der Waals surface area contributed by atoms with Crippen molar-refractivity contribution in [2.24, 2.45) is 0 Å². The van der Waals surface area contributed by atoms with Gasteiger partial charge in [-0.1, -0.05) is 0 Å². The molecule has 1 fully saturated rings. The molecular formula is C13H19N5O. The lowest BCUT2D eigenvalue weighted by Gasteiger charge is -2.27. The molecule has 3 rings (SSSR count). The maximum atomic E-state index is 12.2. The molecule has 19 heavy (non-hydrogen) atoms. The standard InChI is InChI=1S/C13H19N5O/c1-13(2)9-8-15-12(18-6-4-14-5-7-18)16-10(9)17(3)11(13)19/h8,14H,4-7H2,1-3H3. The summed E-state index contributed by atoms with van der Waals surface area (Å²) in [6.07, 6.45) is 1.81. The molecule has 0 bridgehead atoms. The molecular weight excluding hydrogens is 242 g/mol. The van der Waals surface area contributed by atoms with Gasteiger partial charge >= 0.3 is 0 Å². The molecule has 0 radical (unpaired) electrons. The molecule has 1 amide bonds. The second-order valence-electron chi connectivity index (χ2n) is 5.63. The molecule has 2 aliphatic heterocycles. The topological polar surface area (TPSA) is 61.4 Å². The van der Waals surface area contributed by atoms with E-state index in [0.717, 1.165) is 43.5 Å². The summed E-state index contributed by atoms with van der Waals surface area (Å²) in [4.78, 5) is 25.0. The zero-order chi connectivity index (χ0) is 13.6. The monoisotopic (exact) mass is 261 g/mol. The zero-order valence-corrected chi connectivity index (χ0v) is 11.6. The van der Waals surface area contributed by atoms with Gasteiger partial charge in [0, 0.05) is 45.0 Å². The van der Waals surface area contributed by atoms with E-state index in [1.807, 2.05) is 13.8 Å². The number of aromatic nitrogens is 2. The number of carbonyl (C=O) groups excluding carboxylic acids is 1. The van der Waals surface area contributed by atoms with Crippen molar-refractivity contribution in [3.8, 4) is 0 Å². The van der Waals surface area contributed by atoms with E-state index in [1.54, 1.807) is 18.1 Å². The first-order valence-electron chi connectivity index (χ1n) is 6.63. The van der Waals surface area contributed by atoms with Gasteiger partial charge in [0.2, 0.25) is 11.9 Å². The Bertz CT molecular complexity index is 522. The molecule has 1 aromatic heterocycles. The van der Waals surface area contributed by atoms with E-state index in [1.165, 1.54) is 0 Å². The summed E-state index contributed by atoms with van der Waals surface area (Å²) in [5.74, 6) is 1.55. The second kappa shape index (κ2) is 4.16. The van der Waals surface area contributed by atoms with Gasteiger partial charge in [-0.25, -0.2) is 4.98 Å². The minimum Gasteiger partial charge on any atom is -0.338 e. The quantitative estimate of drug-likeness (QED) is 0.779. The van der Waals surface area contributed by atoms with Gasteiger partial charge in [-0.3, -0.25) is 9.69 Å². The van der Waals surface area contributed by atoms with Crippen LogP contribution >= 0.6 is 0 Å². The molecule has 3 heterocycles. The normalized spacial score (nSPS) is 21.7. The van der Waals surface area contributed by atoms with Crippen LogP contribution in [0.2, 0.25) is 0 Å². The Labute approximate surface area is 112 Å². The lowest BCUT2D eigenvalue weighted by atomic mass is 9.88. The Balaban J connectivity index is 1.99. The molecule has 1 saturated heterocycles. The lowest BCUT2D eigenvalue weighted by molar-refractivity contribution is -0.121. The molecule has 0 spiro atoms. The van der Waals surface area contributed by atoms with Crippen molar-refractivity contribution >= 4 is 17.7 Å². The van der Waals surface area contributed by atoms with Crippen LogP contribution in [0, 0.1) is 0 Å². The Morgan fingerprint density at radius 2 is 2.00 bits per heavy atom. The highest BCUT2D eigenvalue weighted by Gasteiger charge is 2.44. The van der Waals surface area contributed by atoms with E-state index in [2.05, 4.69) is 20.2 Å². The average molecular weight is 261 g/mol.